The van der Waals surface area contributed by atoms with Gasteiger partial charge in [0, 0.05) is 58.1 Å². The van der Waals surface area contributed by atoms with Gasteiger partial charge in [0.2, 0.25) is 0 Å². The highest BCUT2D eigenvalue weighted by atomic mass is 16.5. The molecule has 1 saturated carbocycles. The molecule has 6 heteroatoms. The molecule has 3 N–H and O–H groups in total. The first-order valence-electron chi connectivity index (χ1n) is 12.1. The summed E-state index contributed by atoms with van der Waals surface area (Å²) >= 11 is 0. The van der Waals surface area contributed by atoms with Crippen molar-refractivity contribution in [3.05, 3.63) is 35.9 Å². The number of hydrogen-bond acceptors (Lipinski definition) is 4. The molecular formula is C25H42N4O2. The molecule has 2 aliphatic rings. The first-order valence-corrected chi connectivity index (χ1v) is 12.1. The lowest BCUT2D eigenvalue weighted by atomic mass is 9.94. The van der Waals surface area contributed by atoms with E-state index in [2.05, 4.69) is 58.2 Å². The van der Waals surface area contributed by atoms with Gasteiger partial charge in [0.05, 0.1) is 0 Å². The molecule has 0 aromatic heterocycles. The fourth-order valence-electron chi connectivity index (χ4n) is 4.73. The molecule has 1 heterocycles. The molecule has 2 fully saturated rings. The van der Waals surface area contributed by atoms with Crippen LogP contribution in [-0.2, 0) is 9.47 Å². The minimum absolute atomic E-state index is 0.125. The Labute approximate surface area is 188 Å². The van der Waals surface area contributed by atoms with E-state index < -0.39 is 0 Å². The van der Waals surface area contributed by atoms with E-state index in [0.29, 0.717) is 12.0 Å². The van der Waals surface area contributed by atoms with Crippen LogP contribution in [0.5, 0.6) is 0 Å². The minimum Gasteiger partial charge on any atom is -0.381 e. The van der Waals surface area contributed by atoms with Crippen LogP contribution in [0.2, 0.25) is 0 Å². The summed E-state index contributed by atoms with van der Waals surface area (Å²) in [5.41, 5.74) is 1.47. The molecule has 0 radical (unpaired) electrons. The SMILES string of the molecule is CN=C(NCCCOCC1CCOCC1)NCC1(NC(C)c2ccccc2)CCCC1. The molecule has 0 bridgehead atoms. The lowest BCUT2D eigenvalue weighted by Gasteiger charge is -2.35. The lowest BCUT2D eigenvalue weighted by molar-refractivity contribution is 0.0203. The van der Waals surface area contributed by atoms with Crippen molar-refractivity contribution in [2.75, 3.05) is 46.6 Å². The molecule has 174 valence electrons. The summed E-state index contributed by atoms with van der Waals surface area (Å²) in [6, 6.07) is 11.1. The van der Waals surface area contributed by atoms with Crippen LogP contribution < -0.4 is 16.0 Å². The molecule has 1 atom stereocenters. The van der Waals surface area contributed by atoms with E-state index >= 15 is 0 Å². The number of benzene rings is 1. The van der Waals surface area contributed by atoms with Crippen molar-refractivity contribution in [2.45, 2.75) is 63.5 Å². The van der Waals surface area contributed by atoms with Crippen LogP contribution in [0.1, 0.15) is 63.5 Å². The number of aliphatic imine (C=N–C) groups is 1. The lowest BCUT2D eigenvalue weighted by Crippen LogP contribution is -2.54. The van der Waals surface area contributed by atoms with E-state index in [1.54, 1.807) is 0 Å². The van der Waals surface area contributed by atoms with Crippen LogP contribution in [0.3, 0.4) is 0 Å². The van der Waals surface area contributed by atoms with E-state index in [9.17, 15) is 0 Å². The summed E-state index contributed by atoms with van der Waals surface area (Å²) < 4.78 is 11.3. The van der Waals surface area contributed by atoms with E-state index in [1.165, 1.54) is 31.2 Å². The van der Waals surface area contributed by atoms with Gasteiger partial charge < -0.3 is 25.4 Å². The van der Waals surface area contributed by atoms with Crippen molar-refractivity contribution in [3.63, 3.8) is 0 Å². The smallest absolute Gasteiger partial charge is 0.191 e. The van der Waals surface area contributed by atoms with E-state index in [-0.39, 0.29) is 5.54 Å². The van der Waals surface area contributed by atoms with Gasteiger partial charge in [-0.05, 0) is 50.5 Å². The van der Waals surface area contributed by atoms with Gasteiger partial charge in [0.25, 0.3) is 0 Å². The van der Waals surface area contributed by atoms with Crippen molar-refractivity contribution < 1.29 is 9.47 Å². The Kier molecular flexibility index (Phi) is 10.1. The zero-order valence-corrected chi connectivity index (χ0v) is 19.5. The Morgan fingerprint density at radius 1 is 1.16 bits per heavy atom. The standard InChI is InChI=1S/C25H42N4O2/c1-21(23-9-4-3-5-10-23)29-25(13-6-7-14-25)20-28-24(26-2)27-15-8-16-31-19-22-11-17-30-18-12-22/h3-5,9-10,21-22,29H,6-8,11-20H2,1-2H3,(H2,26,27,28). The molecule has 1 aliphatic heterocycles. The van der Waals surface area contributed by atoms with E-state index in [4.69, 9.17) is 9.47 Å². The summed E-state index contributed by atoms with van der Waals surface area (Å²) in [4.78, 5) is 4.42. The summed E-state index contributed by atoms with van der Waals surface area (Å²) in [5.74, 6) is 1.55. The Morgan fingerprint density at radius 2 is 1.90 bits per heavy atom. The molecule has 3 rings (SSSR count). The highest BCUT2D eigenvalue weighted by Gasteiger charge is 2.35. The normalized spacial score (nSPS) is 20.5. The van der Waals surface area contributed by atoms with Crippen molar-refractivity contribution >= 4 is 5.96 Å². The zero-order chi connectivity index (χ0) is 21.8. The summed E-state index contributed by atoms with van der Waals surface area (Å²) in [6.07, 6.45) is 8.22. The van der Waals surface area contributed by atoms with E-state index in [1.807, 2.05) is 7.05 Å². The molecule has 1 aromatic carbocycles. The highest BCUT2D eigenvalue weighted by molar-refractivity contribution is 5.79. The van der Waals surface area contributed by atoms with Gasteiger partial charge in [-0.2, -0.15) is 0 Å². The highest BCUT2D eigenvalue weighted by Crippen LogP contribution is 2.31. The van der Waals surface area contributed by atoms with Gasteiger partial charge in [-0.25, -0.2) is 0 Å². The molecule has 6 nitrogen and oxygen atoms in total. The quantitative estimate of drug-likeness (QED) is 0.284. The molecular weight excluding hydrogens is 388 g/mol. The number of nitrogens with zero attached hydrogens (tertiary/aromatic N) is 1. The third kappa shape index (κ3) is 8.09. The summed E-state index contributed by atoms with van der Waals surface area (Å²) in [5, 5.41) is 10.9. The maximum Gasteiger partial charge on any atom is 0.191 e. The van der Waals surface area contributed by atoms with Crippen LogP contribution in [0, 0.1) is 5.92 Å². The van der Waals surface area contributed by atoms with Crippen LogP contribution in [0.4, 0.5) is 0 Å². The molecule has 31 heavy (non-hydrogen) atoms. The Bertz CT molecular complexity index is 640. The Balaban J connectivity index is 1.35. The van der Waals surface area contributed by atoms with Crippen LogP contribution in [0.15, 0.2) is 35.3 Å². The van der Waals surface area contributed by atoms with Gasteiger partial charge in [0.1, 0.15) is 0 Å². The third-order valence-corrected chi connectivity index (χ3v) is 6.65. The number of rotatable bonds is 11. The molecule has 1 aromatic rings. The van der Waals surface area contributed by atoms with Crippen molar-refractivity contribution in [1.82, 2.24) is 16.0 Å². The average Bonchev–Trinajstić information content (AvgIpc) is 3.28. The first kappa shape index (κ1) is 24.0. The largest absolute Gasteiger partial charge is 0.381 e. The third-order valence-electron chi connectivity index (χ3n) is 6.65. The van der Waals surface area contributed by atoms with Gasteiger partial charge >= 0.3 is 0 Å². The molecule has 0 spiro atoms. The zero-order valence-electron chi connectivity index (χ0n) is 19.5. The van der Waals surface area contributed by atoms with Gasteiger partial charge in [-0.1, -0.05) is 43.2 Å². The maximum absolute atomic E-state index is 5.87. The predicted octanol–water partition coefficient (Wildman–Crippen LogP) is 3.65. The van der Waals surface area contributed by atoms with Crippen LogP contribution in [0.25, 0.3) is 0 Å². The average molecular weight is 431 g/mol. The summed E-state index contributed by atoms with van der Waals surface area (Å²) in [6.45, 7) is 7.46. The molecule has 1 unspecified atom stereocenters. The molecule has 1 saturated heterocycles. The minimum atomic E-state index is 0.125. The number of ether oxygens (including phenoxy) is 2. The van der Waals surface area contributed by atoms with Crippen molar-refractivity contribution in [2.24, 2.45) is 10.9 Å². The fraction of sp³-hybridized carbons (Fsp3) is 0.720. The monoisotopic (exact) mass is 430 g/mol. The second-order valence-corrected chi connectivity index (χ2v) is 9.10. The number of hydrogen-bond donors (Lipinski definition) is 3. The van der Waals surface area contributed by atoms with Gasteiger partial charge in [-0.15, -0.1) is 0 Å². The van der Waals surface area contributed by atoms with Crippen LogP contribution >= 0.6 is 0 Å². The maximum atomic E-state index is 5.87. The number of guanidine groups is 1. The van der Waals surface area contributed by atoms with Gasteiger partial charge in [0.15, 0.2) is 5.96 Å². The second-order valence-electron chi connectivity index (χ2n) is 9.10. The van der Waals surface area contributed by atoms with Crippen molar-refractivity contribution in [3.8, 4) is 0 Å². The molecule has 0 amide bonds. The summed E-state index contributed by atoms with van der Waals surface area (Å²) in [7, 11) is 1.85. The number of nitrogens with one attached hydrogen (secondary N) is 3. The first-order chi connectivity index (χ1) is 15.2. The second kappa shape index (κ2) is 13.0. The van der Waals surface area contributed by atoms with Crippen LogP contribution in [-0.4, -0.2) is 58.1 Å². The molecule has 1 aliphatic carbocycles. The predicted molar refractivity (Wildman–Crippen MR) is 128 cm³/mol. The van der Waals surface area contributed by atoms with E-state index in [0.717, 1.165) is 64.7 Å². The fourth-order valence-corrected chi connectivity index (χ4v) is 4.73. The Hall–Kier alpha value is -1.63. The topological polar surface area (TPSA) is 66.9 Å². The van der Waals surface area contributed by atoms with Crippen molar-refractivity contribution in [1.29, 1.82) is 0 Å². The van der Waals surface area contributed by atoms with Gasteiger partial charge in [-0.3, -0.25) is 4.99 Å². The Morgan fingerprint density at radius 3 is 2.61 bits per heavy atom.